The van der Waals surface area contributed by atoms with Gasteiger partial charge in [0.15, 0.2) is 0 Å². The highest BCUT2D eigenvalue weighted by Gasteiger charge is 2.32. The fraction of sp³-hybridized carbons (Fsp3) is 0.263. The third-order valence-electron chi connectivity index (χ3n) is 4.45. The van der Waals surface area contributed by atoms with Crippen LogP contribution in [0.3, 0.4) is 0 Å². The van der Waals surface area contributed by atoms with E-state index >= 15 is 0 Å². The lowest BCUT2D eigenvalue weighted by atomic mass is 9.74. The molecule has 0 N–H and O–H groups in total. The molecule has 0 bridgehead atoms. The first-order valence-corrected chi connectivity index (χ1v) is 7.66. The number of fused-ring (bicyclic) bond motifs is 1. The minimum Gasteiger partial charge on any atom is -0.302 e. The Morgan fingerprint density at radius 3 is 2.29 bits per heavy atom. The van der Waals surface area contributed by atoms with Gasteiger partial charge in [-0.25, -0.2) is 0 Å². The van der Waals surface area contributed by atoms with E-state index in [9.17, 15) is 0 Å². The largest absolute Gasteiger partial charge is 0.302 e. The monoisotopic (exact) mass is 297 g/mol. The molecule has 108 valence electrons. The van der Waals surface area contributed by atoms with Crippen molar-refractivity contribution in [3.63, 3.8) is 0 Å². The molecule has 0 saturated heterocycles. The second-order valence-electron chi connectivity index (χ2n) is 5.90. The van der Waals surface area contributed by atoms with Crippen molar-refractivity contribution in [1.29, 1.82) is 0 Å². The Labute approximate surface area is 131 Å². The smallest absolute Gasteiger partial charge is 0.0444 e. The highest BCUT2D eigenvalue weighted by Crippen LogP contribution is 2.44. The second-order valence-corrected chi connectivity index (χ2v) is 6.31. The maximum atomic E-state index is 6.45. The maximum absolute atomic E-state index is 6.45. The molecule has 2 aromatic rings. The van der Waals surface area contributed by atoms with Crippen molar-refractivity contribution in [2.24, 2.45) is 0 Å². The van der Waals surface area contributed by atoms with Gasteiger partial charge in [0, 0.05) is 17.0 Å². The van der Waals surface area contributed by atoms with E-state index in [-0.39, 0.29) is 0 Å². The summed E-state index contributed by atoms with van der Waals surface area (Å²) in [5, 5.41) is 0.849. The van der Waals surface area contributed by atoms with Crippen LogP contribution < -0.4 is 0 Å². The Morgan fingerprint density at radius 2 is 1.62 bits per heavy atom. The van der Waals surface area contributed by atoms with Crippen LogP contribution in [0.15, 0.2) is 55.1 Å². The molecule has 21 heavy (non-hydrogen) atoms. The normalized spacial score (nSPS) is 21.4. The van der Waals surface area contributed by atoms with Crippen molar-refractivity contribution < 1.29 is 0 Å². The summed E-state index contributed by atoms with van der Waals surface area (Å²) in [5.41, 5.74) is 5.03. The number of rotatable bonds is 2. The summed E-state index contributed by atoms with van der Waals surface area (Å²) in [6.07, 6.45) is 1.02. The van der Waals surface area contributed by atoms with E-state index in [0.717, 1.165) is 11.4 Å². The van der Waals surface area contributed by atoms with E-state index in [1.54, 1.807) is 0 Å². The summed E-state index contributed by atoms with van der Waals surface area (Å²) >= 11 is 6.45. The number of halogens is 1. The van der Waals surface area contributed by atoms with Gasteiger partial charge in [0.05, 0.1) is 0 Å². The van der Waals surface area contributed by atoms with Crippen LogP contribution in [0.5, 0.6) is 0 Å². The average Bonchev–Trinajstić information content (AvgIpc) is 2.48. The van der Waals surface area contributed by atoms with Gasteiger partial charge in [-0.15, -0.1) is 0 Å². The quantitative estimate of drug-likeness (QED) is 0.768. The molecule has 0 fully saturated rings. The van der Waals surface area contributed by atoms with Gasteiger partial charge in [0.2, 0.25) is 0 Å². The van der Waals surface area contributed by atoms with Crippen molar-refractivity contribution in [2.45, 2.75) is 18.4 Å². The van der Waals surface area contributed by atoms with Crippen LogP contribution in [0, 0.1) is 0 Å². The van der Waals surface area contributed by atoms with E-state index in [2.05, 4.69) is 62.0 Å². The fourth-order valence-corrected chi connectivity index (χ4v) is 3.61. The van der Waals surface area contributed by atoms with Crippen LogP contribution in [0.25, 0.3) is 5.57 Å². The van der Waals surface area contributed by atoms with Crippen LogP contribution in [0.1, 0.15) is 29.0 Å². The summed E-state index contributed by atoms with van der Waals surface area (Å²) in [7, 11) is 4.24. The maximum Gasteiger partial charge on any atom is 0.0444 e. The molecule has 0 heterocycles. The zero-order chi connectivity index (χ0) is 15.0. The Morgan fingerprint density at radius 1 is 1.00 bits per heavy atom. The van der Waals surface area contributed by atoms with E-state index in [1.807, 2.05) is 12.1 Å². The molecular formula is C19H20ClN. The predicted octanol–water partition coefficient (Wildman–Crippen LogP) is 4.82. The molecular weight excluding hydrogens is 278 g/mol. The summed E-state index contributed by atoms with van der Waals surface area (Å²) in [6, 6.07) is 17.1. The molecule has 1 aliphatic rings. The van der Waals surface area contributed by atoms with Gasteiger partial charge in [-0.2, -0.15) is 0 Å². The molecule has 2 unspecified atom stereocenters. The summed E-state index contributed by atoms with van der Waals surface area (Å²) in [5.74, 6) is 0.327. The highest BCUT2D eigenvalue weighted by molar-refractivity contribution is 6.31. The first-order chi connectivity index (χ1) is 10.1. The molecule has 3 rings (SSSR count). The molecule has 0 amide bonds. The Bertz CT molecular complexity index is 675. The number of hydrogen-bond donors (Lipinski definition) is 0. The molecule has 0 spiro atoms. The molecule has 0 aliphatic heterocycles. The topological polar surface area (TPSA) is 3.24 Å². The molecule has 2 atom stereocenters. The number of likely N-dealkylation sites (N-methyl/N-ethyl adjacent to an activating group) is 1. The molecule has 0 saturated carbocycles. The van der Waals surface area contributed by atoms with Crippen LogP contribution >= 0.6 is 11.6 Å². The number of hydrogen-bond acceptors (Lipinski definition) is 1. The van der Waals surface area contributed by atoms with Crippen LogP contribution in [0.2, 0.25) is 5.02 Å². The Balaban J connectivity index is 2.15. The molecule has 0 radical (unpaired) electrons. The van der Waals surface area contributed by atoms with Crippen molar-refractivity contribution in [3.05, 3.63) is 76.8 Å². The minimum atomic E-state index is 0.327. The lowest BCUT2D eigenvalue weighted by molar-refractivity contribution is 0.322. The van der Waals surface area contributed by atoms with Crippen LogP contribution in [-0.2, 0) is 0 Å². The standard InChI is InChI=1S/C19H20ClN/c1-13-14-8-4-5-9-15(14)17(12-19(13)21(2)3)16-10-6-7-11-18(16)20/h4-11,17,19H,1,12H2,2-3H3. The third-order valence-corrected chi connectivity index (χ3v) is 4.79. The number of nitrogens with zero attached hydrogens (tertiary/aromatic N) is 1. The van der Waals surface area contributed by atoms with Crippen molar-refractivity contribution in [1.82, 2.24) is 4.90 Å². The lowest BCUT2D eigenvalue weighted by Crippen LogP contribution is -2.34. The Kier molecular flexibility index (Phi) is 3.88. The minimum absolute atomic E-state index is 0.327. The summed E-state index contributed by atoms with van der Waals surface area (Å²) in [4.78, 5) is 2.25. The fourth-order valence-electron chi connectivity index (χ4n) is 3.34. The van der Waals surface area contributed by atoms with Crippen molar-refractivity contribution in [2.75, 3.05) is 14.1 Å². The SMILES string of the molecule is C=C1c2ccccc2C(c2ccccc2Cl)CC1N(C)C. The summed E-state index contributed by atoms with van der Waals surface area (Å²) in [6.45, 7) is 4.33. The van der Waals surface area contributed by atoms with E-state index in [0.29, 0.717) is 12.0 Å². The third kappa shape index (κ3) is 2.52. The van der Waals surface area contributed by atoms with Crippen molar-refractivity contribution in [3.8, 4) is 0 Å². The van der Waals surface area contributed by atoms with Crippen molar-refractivity contribution >= 4 is 17.2 Å². The first kappa shape index (κ1) is 14.4. The lowest BCUT2D eigenvalue weighted by Gasteiger charge is -2.37. The molecule has 2 heteroatoms. The Hall–Kier alpha value is -1.57. The van der Waals surface area contributed by atoms with Gasteiger partial charge in [0.25, 0.3) is 0 Å². The van der Waals surface area contributed by atoms with Gasteiger partial charge < -0.3 is 4.90 Å². The first-order valence-electron chi connectivity index (χ1n) is 7.28. The zero-order valence-corrected chi connectivity index (χ0v) is 13.3. The molecule has 0 aromatic heterocycles. The second kappa shape index (κ2) is 5.67. The zero-order valence-electron chi connectivity index (χ0n) is 12.5. The van der Waals surface area contributed by atoms with Gasteiger partial charge in [0.1, 0.15) is 0 Å². The van der Waals surface area contributed by atoms with Gasteiger partial charge >= 0.3 is 0 Å². The number of benzene rings is 2. The predicted molar refractivity (Wildman–Crippen MR) is 90.9 cm³/mol. The van der Waals surface area contributed by atoms with Crippen LogP contribution in [0.4, 0.5) is 0 Å². The molecule has 2 aromatic carbocycles. The average molecular weight is 298 g/mol. The van der Waals surface area contributed by atoms with E-state index < -0.39 is 0 Å². The van der Waals surface area contributed by atoms with Gasteiger partial charge in [-0.1, -0.05) is 60.6 Å². The summed E-state index contributed by atoms with van der Waals surface area (Å²) < 4.78 is 0. The van der Waals surface area contributed by atoms with Gasteiger partial charge in [-0.3, -0.25) is 0 Å². The van der Waals surface area contributed by atoms with E-state index in [4.69, 9.17) is 11.6 Å². The van der Waals surface area contributed by atoms with Crippen LogP contribution in [-0.4, -0.2) is 25.0 Å². The molecule has 1 nitrogen and oxygen atoms in total. The molecule has 1 aliphatic carbocycles. The van der Waals surface area contributed by atoms with Gasteiger partial charge in [-0.05, 0) is 48.8 Å². The van der Waals surface area contributed by atoms with E-state index in [1.165, 1.54) is 22.3 Å². The highest BCUT2D eigenvalue weighted by atomic mass is 35.5.